The first-order valence-corrected chi connectivity index (χ1v) is 10.4. The van der Waals surface area contributed by atoms with Gasteiger partial charge in [-0.15, -0.1) is 11.3 Å². The first-order valence-electron chi connectivity index (χ1n) is 9.54. The molecule has 4 nitrogen and oxygen atoms in total. The van der Waals surface area contributed by atoms with Gasteiger partial charge in [-0.1, -0.05) is 6.42 Å². The zero-order chi connectivity index (χ0) is 16.5. The fourth-order valence-electron chi connectivity index (χ4n) is 4.90. The third-order valence-electron chi connectivity index (χ3n) is 6.12. The summed E-state index contributed by atoms with van der Waals surface area (Å²) in [6.45, 7) is 6.08. The van der Waals surface area contributed by atoms with Crippen molar-refractivity contribution in [1.29, 1.82) is 0 Å². The lowest BCUT2D eigenvalue weighted by Crippen LogP contribution is -2.51. The van der Waals surface area contributed by atoms with E-state index in [1.54, 1.807) is 18.4 Å². The number of hydrogen-bond acceptors (Lipinski definition) is 4. The summed E-state index contributed by atoms with van der Waals surface area (Å²) in [4.78, 5) is 19.6. The molecule has 24 heavy (non-hydrogen) atoms. The number of nitrogens with zero attached hydrogens (tertiary/aromatic N) is 2. The second-order valence-electron chi connectivity index (χ2n) is 7.62. The van der Waals surface area contributed by atoms with Gasteiger partial charge in [0.25, 0.3) is 5.91 Å². The summed E-state index contributed by atoms with van der Waals surface area (Å²) in [6.07, 6.45) is 8.10. The van der Waals surface area contributed by atoms with Gasteiger partial charge in [-0.05, 0) is 62.7 Å². The molecule has 2 saturated heterocycles. The minimum atomic E-state index is 0.0612. The average molecular weight is 348 g/mol. The van der Waals surface area contributed by atoms with E-state index in [1.807, 2.05) is 0 Å². The SMILES string of the molecule is CNC(=O)c1cc2c(s1)CCN(C[C@@H]1CCCN3CCCC[C@H]13)C2. The molecule has 0 aromatic carbocycles. The van der Waals surface area contributed by atoms with Crippen LogP contribution in [-0.4, -0.2) is 55.0 Å². The molecule has 3 aliphatic rings. The van der Waals surface area contributed by atoms with Crippen LogP contribution in [0.25, 0.3) is 0 Å². The number of carbonyl (C=O) groups is 1. The first kappa shape index (κ1) is 16.6. The fraction of sp³-hybridized carbons (Fsp3) is 0.737. The van der Waals surface area contributed by atoms with Crippen molar-refractivity contribution >= 4 is 17.2 Å². The predicted molar refractivity (Wildman–Crippen MR) is 98.6 cm³/mol. The molecule has 3 aliphatic heterocycles. The molecular weight excluding hydrogens is 318 g/mol. The minimum absolute atomic E-state index is 0.0612. The van der Waals surface area contributed by atoms with Gasteiger partial charge in [0.1, 0.15) is 0 Å². The van der Waals surface area contributed by atoms with Crippen molar-refractivity contribution in [2.24, 2.45) is 5.92 Å². The molecule has 0 bridgehead atoms. The van der Waals surface area contributed by atoms with Crippen LogP contribution in [0.2, 0.25) is 0 Å². The van der Waals surface area contributed by atoms with Crippen molar-refractivity contribution in [1.82, 2.24) is 15.1 Å². The molecule has 0 unspecified atom stereocenters. The summed E-state index contributed by atoms with van der Waals surface area (Å²) in [5, 5.41) is 2.75. The van der Waals surface area contributed by atoms with E-state index >= 15 is 0 Å². The maximum absolute atomic E-state index is 11.9. The van der Waals surface area contributed by atoms with Gasteiger partial charge in [-0.2, -0.15) is 0 Å². The van der Waals surface area contributed by atoms with Gasteiger partial charge in [0.15, 0.2) is 0 Å². The third-order valence-corrected chi connectivity index (χ3v) is 7.35. The lowest BCUT2D eigenvalue weighted by Gasteiger charge is -2.46. The number of nitrogens with one attached hydrogen (secondary N) is 1. The molecule has 0 spiro atoms. The number of carbonyl (C=O) groups excluding carboxylic acids is 1. The van der Waals surface area contributed by atoms with E-state index in [2.05, 4.69) is 21.2 Å². The molecule has 0 radical (unpaired) electrons. The molecular formula is C19H29N3OS. The lowest BCUT2D eigenvalue weighted by molar-refractivity contribution is 0.0381. The Morgan fingerprint density at radius 1 is 1.25 bits per heavy atom. The Bertz CT molecular complexity index is 597. The monoisotopic (exact) mass is 347 g/mol. The van der Waals surface area contributed by atoms with Crippen LogP contribution in [0, 0.1) is 5.92 Å². The summed E-state index contributed by atoms with van der Waals surface area (Å²) in [7, 11) is 1.71. The summed E-state index contributed by atoms with van der Waals surface area (Å²) in [5.41, 5.74) is 1.39. The van der Waals surface area contributed by atoms with Crippen LogP contribution in [0.15, 0.2) is 6.07 Å². The second kappa shape index (κ2) is 7.14. The molecule has 1 N–H and O–H groups in total. The van der Waals surface area contributed by atoms with Crippen molar-refractivity contribution in [3.05, 3.63) is 21.4 Å². The van der Waals surface area contributed by atoms with Crippen molar-refractivity contribution < 1.29 is 4.79 Å². The highest BCUT2D eigenvalue weighted by Crippen LogP contribution is 2.33. The van der Waals surface area contributed by atoms with Gasteiger partial charge in [0.05, 0.1) is 4.88 Å². The summed E-state index contributed by atoms with van der Waals surface area (Å²) in [5.74, 6) is 0.906. The van der Waals surface area contributed by atoms with Gasteiger partial charge in [0, 0.05) is 37.6 Å². The Morgan fingerprint density at radius 2 is 2.12 bits per heavy atom. The molecule has 1 aromatic heterocycles. The van der Waals surface area contributed by atoms with E-state index in [-0.39, 0.29) is 5.91 Å². The summed E-state index contributed by atoms with van der Waals surface area (Å²) < 4.78 is 0. The summed E-state index contributed by atoms with van der Waals surface area (Å²) >= 11 is 1.69. The second-order valence-corrected chi connectivity index (χ2v) is 8.76. The van der Waals surface area contributed by atoms with Gasteiger partial charge in [-0.25, -0.2) is 0 Å². The Hall–Kier alpha value is -0.910. The standard InChI is InChI=1S/C19H29N3OS/c1-20-19(23)18-11-15-13-21(10-7-17(15)24-18)12-14-5-4-9-22-8-3-2-6-16(14)22/h11,14,16H,2-10,12-13H2,1H3,(H,20,23)/t14-,16+/m0/s1. The van der Waals surface area contributed by atoms with E-state index in [9.17, 15) is 4.79 Å². The average Bonchev–Trinajstić information content (AvgIpc) is 3.05. The van der Waals surface area contributed by atoms with Crippen LogP contribution in [0.4, 0.5) is 0 Å². The van der Waals surface area contributed by atoms with Crippen molar-refractivity contribution in [2.45, 2.75) is 51.1 Å². The van der Waals surface area contributed by atoms with E-state index in [4.69, 9.17) is 0 Å². The predicted octanol–water partition coefficient (Wildman–Crippen LogP) is 2.73. The van der Waals surface area contributed by atoms with Crippen LogP contribution in [0.5, 0.6) is 0 Å². The summed E-state index contributed by atoms with van der Waals surface area (Å²) in [6, 6.07) is 2.96. The Balaban J connectivity index is 1.41. The van der Waals surface area contributed by atoms with E-state index in [1.165, 1.54) is 62.2 Å². The molecule has 5 heteroatoms. The zero-order valence-corrected chi connectivity index (χ0v) is 15.5. The molecule has 132 valence electrons. The molecule has 0 saturated carbocycles. The highest BCUT2D eigenvalue weighted by Gasteiger charge is 2.34. The van der Waals surface area contributed by atoms with E-state index in [0.717, 1.165) is 36.3 Å². The van der Waals surface area contributed by atoms with Gasteiger partial charge in [0.2, 0.25) is 0 Å². The number of fused-ring (bicyclic) bond motifs is 2. The topological polar surface area (TPSA) is 35.6 Å². The first-order chi connectivity index (χ1) is 11.7. The molecule has 2 atom stereocenters. The fourth-order valence-corrected chi connectivity index (χ4v) is 6.01. The molecule has 2 fully saturated rings. The number of thiophene rings is 1. The van der Waals surface area contributed by atoms with Crippen LogP contribution in [0.3, 0.4) is 0 Å². The quantitative estimate of drug-likeness (QED) is 0.913. The van der Waals surface area contributed by atoms with Gasteiger partial charge >= 0.3 is 0 Å². The van der Waals surface area contributed by atoms with Crippen molar-refractivity contribution in [3.8, 4) is 0 Å². The smallest absolute Gasteiger partial charge is 0.261 e. The Labute approximate surface area is 149 Å². The number of amides is 1. The molecule has 1 aromatic rings. The number of rotatable bonds is 3. The van der Waals surface area contributed by atoms with Crippen LogP contribution in [-0.2, 0) is 13.0 Å². The maximum atomic E-state index is 11.9. The van der Waals surface area contributed by atoms with Crippen molar-refractivity contribution in [3.63, 3.8) is 0 Å². The van der Waals surface area contributed by atoms with Crippen molar-refractivity contribution in [2.75, 3.05) is 33.2 Å². The third kappa shape index (κ3) is 3.26. The van der Waals surface area contributed by atoms with Crippen LogP contribution < -0.4 is 5.32 Å². The Morgan fingerprint density at radius 3 is 3.00 bits per heavy atom. The normalized spacial score (nSPS) is 28.2. The number of hydrogen-bond donors (Lipinski definition) is 1. The largest absolute Gasteiger partial charge is 0.354 e. The lowest BCUT2D eigenvalue weighted by atomic mass is 9.83. The van der Waals surface area contributed by atoms with E-state index < -0.39 is 0 Å². The van der Waals surface area contributed by atoms with Gasteiger partial charge < -0.3 is 10.2 Å². The zero-order valence-electron chi connectivity index (χ0n) is 14.7. The van der Waals surface area contributed by atoms with E-state index in [0.29, 0.717) is 0 Å². The van der Waals surface area contributed by atoms with Gasteiger partial charge in [-0.3, -0.25) is 9.69 Å². The number of piperidine rings is 2. The maximum Gasteiger partial charge on any atom is 0.261 e. The van der Waals surface area contributed by atoms with Crippen LogP contribution in [0.1, 0.15) is 52.2 Å². The molecule has 4 rings (SSSR count). The minimum Gasteiger partial charge on any atom is -0.354 e. The molecule has 1 amide bonds. The Kier molecular flexibility index (Phi) is 4.93. The molecule has 0 aliphatic carbocycles. The molecule has 4 heterocycles. The van der Waals surface area contributed by atoms with Crippen LogP contribution >= 0.6 is 11.3 Å². The highest BCUT2D eigenvalue weighted by molar-refractivity contribution is 7.14. The highest BCUT2D eigenvalue weighted by atomic mass is 32.1.